The Morgan fingerprint density at radius 1 is 0.680 bits per heavy atom. The summed E-state index contributed by atoms with van der Waals surface area (Å²) in [5, 5.41) is 0. The van der Waals surface area contributed by atoms with Crippen LogP contribution in [0.2, 0.25) is 0 Å². The zero-order chi connectivity index (χ0) is 17.0. The molecule has 1 aliphatic carbocycles. The summed E-state index contributed by atoms with van der Waals surface area (Å²) < 4.78 is 11.7. The van der Waals surface area contributed by atoms with E-state index in [1.807, 2.05) is 12.1 Å². The van der Waals surface area contributed by atoms with Gasteiger partial charge in [-0.15, -0.1) is 0 Å². The highest BCUT2D eigenvalue weighted by atomic mass is 16.3. The molecule has 0 unspecified atom stereocenters. The van der Waals surface area contributed by atoms with Gasteiger partial charge in [0.2, 0.25) is 0 Å². The molecule has 5 rings (SSSR count). The highest BCUT2D eigenvalue weighted by Crippen LogP contribution is 2.47. The first-order valence-electron chi connectivity index (χ1n) is 8.57. The molecule has 0 fully saturated rings. The third kappa shape index (κ3) is 2.04. The first kappa shape index (κ1) is 14.4. The van der Waals surface area contributed by atoms with Crippen LogP contribution in [0, 0.1) is 13.8 Å². The number of aryl methyl sites for hydroxylation is 2. The van der Waals surface area contributed by atoms with Gasteiger partial charge >= 0.3 is 0 Å². The van der Waals surface area contributed by atoms with Crippen LogP contribution in [0.5, 0.6) is 0 Å². The first-order chi connectivity index (χ1) is 12.2. The lowest BCUT2D eigenvalue weighted by Gasteiger charge is -2.13. The summed E-state index contributed by atoms with van der Waals surface area (Å²) in [6.07, 6.45) is 4.45. The minimum absolute atomic E-state index is 0.921. The van der Waals surface area contributed by atoms with Crippen molar-refractivity contribution in [2.45, 2.75) is 20.3 Å². The zero-order valence-corrected chi connectivity index (χ0v) is 14.3. The fraction of sp³-hybridized carbons (Fsp3) is 0.130. The van der Waals surface area contributed by atoms with Crippen LogP contribution < -0.4 is 0 Å². The SMILES string of the molecule is Cc1ccoc1-c1ccc2c(c1-c1occc1C)Cc1ccccc1-2. The maximum Gasteiger partial charge on any atom is 0.137 e. The van der Waals surface area contributed by atoms with E-state index in [0.29, 0.717) is 0 Å². The molecular weight excluding hydrogens is 308 g/mol. The van der Waals surface area contributed by atoms with Gasteiger partial charge in [0, 0.05) is 11.1 Å². The maximum absolute atomic E-state index is 5.91. The molecule has 122 valence electrons. The number of fused-ring (bicyclic) bond motifs is 3. The van der Waals surface area contributed by atoms with Crippen molar-refractivity contribution in [1.29, 1.82) is 0 Å². The Bertz CT molecular complexity index is 1090. The van der Waals surface area contributed by atoms with Crippen molar-refractivity contribution in [3.63, 3.8) is 0 Å². The van der Waals surface area contributed by atoms with Gasteiger partial charge in [-0.05, 0) is 71.8 Å². The van der Waals surface area contributed by atoms with Crippen LogP contribution in [0.4, 0.5) is 0 Å². The molecule has 0 saturated carbocycles. The quantitative estimate of drug-likeness (QED) is 0.375. The average molecular weight is 326 g/mol. The van der Waals surface area contributed by atoms with E-state index in [0.717, 1.165) is 40.2 Å². The molecule has 2 aromatic carbocycles. The summed E-state index contributed by atoms with van der Waals surface area (Å²) in [6, 6.07) is 17.1. The van der Waals surface area contributed by atoms with Gasteiger partial charge in [-0.2, -0.15) is 0 Å². The van der Waals surface area contributed by atoms with Gasteiger partial charge in [0.1, 0.15) is 11.5 Å². The molecule has 2 heteroatoms. The van der Waals surface area contributed by atoms with E-state index < -0.39 is 0 Å². The molecular formula is C23H18O2. The number of benzene rings is 2. The smallest absolute Gasteiger partial charge is 0.137 e. The van der Waals surface area contributed by atoms with Gasteiger partial charge in [-0.25, -0.2) is 0 Å². The lowest BCUT2D eigenvalue weighted by atomic mass is 9.91. The van der Waals surface area contributed by atoms with E-state index in [9.17, 15) is 0 Å². The summed E-state index contributed by atoms with van der Waals surface area (Å²) in [7, 11) is 0. The van der Waals surface area contributed by atoms with Gasteiger partial charge in [0.05, 0.1) is 12.5 Å². The Morgan fingerprint density at radius 2 is 1.36 bits per heavy atom. The Hall–Kier alpha value is -3.00. The fourth-order valence-corrected chi connectivity index (χ4v) is 3.94. The van der Waals surface area contributed by atoms with Crippen molar-refractivity contribution in [1.82, 2.24) is 0 Å². The molecule has 0 saturated heterocycles. The van der Waals surface area contributed by atoms with Crippen LogP contribution in [-0.2, 0) is 6.42 Å². The second-order valence-corrected chi connectivity index (χ2v) is 6.71. The highest BCUT2D eigenvalue weighted by Gasteiger charge is 2.27. The number of rotatable bonds is 2. The Balaban J connectivity index is 1.85. The van der Waals surface area contributed by atoms with Crippen LogP contribution in [0.3, 0.4) is 0 Å². The van der Waals surface area contributed by atoms with Crippen LogP contribution in [0.15, 0.2) is 69.9 Å². The summed E-state index contributed by atoms with van der Waals surface area (Å²) >= 11 is 0. The third-order valence-corrected chi connectivity index (χ3v) is 5.18. The molecule has 0 aliphatic heterocycles. The molecule has 2 nitrogen and oxygen atoms in total. The van der Waals surface area contributed by atoms with Crippen LogP contribution in [0.25, 0.3) is 33.8 Å². The number of furan rings is 2. The van der Waals surface area contributed by atoms with Crippen molar-refractivity contribution in [2.24, 2.45) is 0 Å². The molecule has 1 aliphatic rings. The molecule has 0 amide bonds. The fourth-order valence-electron chi connectivity index (χ4n) is 3.94. The molecule has 4 aromatic rings. The standard InChI is InChI=1S/C23H18O2/c1-14-9-11-24-22(14)19-8-7-18-17-6-4-3-5-16(17)13-20(18)21(19)23-15(2)10-12-25-23/h3-12H,13H2,1-2H3. The zero-order valence-electron chi connectivity index (χ0n) is 14.3. The number of hydrogen-bond acceptors (Lipinski definition) is 2. The molecule has 0 atom stereocenters. The normalized spacial score (nSPS) is 12.2. The molecule has 2 heterocycles. The minimum atomic E-state index is 0.921. The maximum atomic E-state index is 5.91. The average Bonchev–Trinajstić information content (AvgIpc) is 3.32. The van der Waals surface area contributed by atoms with E-state index in [4.69, 9.17) is 8.83 Å². The van der Waals surface area contributed by atoms with Crippen molar-refractivity contribution in [2.75, 3.05) is 0 Å². The molecule has 0 bridgehead atoms. The van der Waals surface area contributed by atoms with E-state index >= 15 is 0 Å². The van der Waals surface area contributed by atoms with E-state index in [1.165, 1.54) is 22.3 Å². The lowest BCUT2D eigenvalue weighted by molar-refractivity contribution is 0.573. The second kappa shape index (κ2) is 5.25. The molecule has 0 radical (unpaired) electrons. The van der Waals surface area contributed by atoms with E-state index in [1.54, 1.807) is 12.5 Å². The Labute approximate surface area is 146 Å². The summed E-state index contributed by atoms with van der Waals surface area (Å²) in [4.78, 5) is 0. The van der Waals surface area contributed by atoms with Crippen LogP contribution >= 0.6 is 0 Å². The first-order valence-corrected chi connectivity index (χ1v) is 8.57. The minimum Gasteiger partial charge on any atom is -0.464 e. The molecule has 0 N–H and O–H groups in total. The Morgan fingerprint density at radius 3 is 2.08 bits per heavy atom. The predicted molar refractivity (Wildman–Crippen MR) is 99.6 cm³/mol. The van der Waals surface area contributed by atoms with Crippen LogP contribution in [0.1, 0.15) is 22.3 Å². The summed E-state index contributed by atoms with van der Waals surface area (Å²) in [5.74, 6) is 1.86. The van der Waals surface area contributed by atoms with E-state index in [-0.39, 0.29) is 0 Å². The predicted octanol–water partition coefficient (Wildman–Crippen LogP) is 6.39. The largest absolute Gasteiger partial charge is 0.464 e. The monoisotopic (exact) mass is 326 g/mol. The van der Waals surface area contributed by atoms with Gasteiger partial charge in [0.25, 0.3) is 0 Å². The lowest BCUT2D eigenvalue weighted by Crippen LogP contribution is -1.93. The van der Waals surface area contributed by atoms with E-state index in [2.05, 4.69) is 50.2 Å². The van der Waals surface area contributed by atoms with Crippen molar-refractivity contribution in [3.05, 3.63) is 83.3 Å². The van der Waals surface area contributed by atoms with Crippen molar-refractivity contribution in [3.8, 4) is 33.8 Å². The second-order valence-electron chi connectivity index (χ2n) is 6.71. The van der Waals surface area contributed by atoms with Crippen molar-refractivity contribution >= 4 is 0 Å². The topological polar surface area (TPSA) is 26.3 Å². The highest BCUT2D eigenvalue weighted by molar-refractivity contribution is 5.92. The molecule has 0 spiro atoms. The molecule has 25 heavy (non-hydrogen) atoms. The molecule has 2 aromatic heterocycles. The van der Waals surface area contributed by atoms with Crippen LogP contribution in [-0.4, -0.2) is 0 Å². The third-order valence-electron chi connectivity index (χ3n) is 5.18. The van der Waals surface area contributed by atoms with Gasteiger partial charge in [-0.1, -0.05) is 30.3 Å². The van der Waals surface area contributed by atoms with Gasteiger partial charge in [0.15, 0.2) is 0 Å². The summed E-state index contributed by atoms with van der Waals surface area (Å²) in [6.45, 7) is 4.18. The van der Waals surface area contributed by atoms with Gasteiger partial charge in [-0.3, -0.25) is 0 Å². The Kier molecular flexibility index (Phi) is 3.01. The number of hydrogen-bond donors (Lipinski definition) is 0. The summed E-state index contributed by atoms with van der Waals surface area (Å²) in [5.41, 5.74) is 9.88. The van der Waals surface area contributed by atoms with Gasteiger partial charge < -0.3 is 8.83 Å². The van der Waals surface area contributed by atoms with Crippen molar-refractivity contribution < 1.29 is 8.83 Å².